The molecule has 0 fully saturated rings. The molecule has 0 spiro atoms. The third kappa shape index (κ3) is 1.97. The van der Waals surface area contributed by atoms with Crippen molar-refractivity contribution in [1.82, 2.24) is 15.0 Å². The van der Waals surface area contributed by atoms with Gasteiger partial charge in [-0.05, 0) is 24.1 Å². The third-order valence-corrected chi connectivity index (χ3v) is 3.40. The predicted molar refractivity (Wildman–Crippen MR) is 73.5 cm³/mol. The Morgan fingerprint density at radius 2 is 2.20 bits per heavy atom. The summed E-state index contributed by atoms with van der Waals surface area (Å²) in [6.07, 6.45) is 0.862. The number of methoxy groups -OCH3 is 1. The van der Waals surface area contributed by atoms with Gasteiger partial charge in [0.15, 0.2) is 5.82 Å². The van der Waals surface area contributed by atoms with E-state index in [4.69, 9.17) is 10.5 Å². The minimum atomic E-state index is -0.489. The van der Waals surface area contributed by atoms with Crippen LogP contribution in [0.4, 0.5) is 11.5 Å². The Balaban J connectivity index is 2.00. The van der Waals surface area contributed by atoms with Gasteiger partial charge in [0.05, 0.1) is 13.2 Å². The van der Waals surface area contributed by atoms with Crippen LogP contribution in [0.15, 0.2) is 24.3 Å². The Kier molecular flexibility index (Phi) is 3.02. The van der Waals surface area contributed by atoms with Crippen LogP contribution in [0.2, 0.25) is 0 Å². The molecule has 1 aliphatic rings. The van der Waals surface area contributed by atoms with Crippen molar-refractivity contribution in [3.05, 3.63) is 35.5 Å². The molecule has 2 heterocycles. The molecular weight excluding hydrogens is 258 g/mol. The van der Waals surface area contributed by atoms with E-state index in [0.29, 0.717) is 5.82 Å². The average Bonchev–Trinajstić information content (AvgIpc) is 2.91. The van der Waals surface area contributed by atoms with Gasteiger partial charge < -0.3 is 15.8 Å². The van der Waals surface area contributed by atoms with Gasteiger partial charge in [0.1, 0.15) is 0 Å². The highest BCUT2D eigenvalue weighted by Gasteiger charge is 2.28. The maximum Gasteiger partial charge on any atom is 0.362 e. The Hall–Kier alpha value is -2.57. The Morgan fingerprint density at radius 1 is 1.45 bits per heavy atom. The smallest absolute Gasteiger partial charge is 0.362 e. The molecule has 1 atom stereocenters. The van der Waals surface area contributed by atoms with Crippen LogP contribution in [0.25, 0.3) is 0 Å². The monoisotopic (exact) mass is 273 g/mol. The SMILES string of the molecule is COC(=O)c1nnn2c1NCCC2c1ccc(N)cc1. The van der Waals surface area contributed by atoms with E-state index in [1.165, 1.54) is 7.11 Å². The molecule has 0 saturated carbocycles. The number of nitrogens with two attached hydrogens (primary N) is 1. The summed E-state index contributed by atoms with van der Waals surface area (Å²) in [6.45, 7) is 0.742. The molecule has 1 aromatic carbocycles. The summed E-state index contributed by atoms with van der Waals surface area (Å²) < 4.78 is 6.43. The van der Waals surface area contributed by atoms with Gasteiger partial charge in [-0.1, -0.05) is 17.3 Å². The van der Waals surface area contributed by atoms with Gasteiger partial charge in [-0.2, -0.15) is 0 Å². The van der Waals surface area contributed by atoms with Crippen LogP contribution in [0.3, 0.4) is 0 Å². The normalized spacial score (nSPS) is 17.1. The van der Waals surface area contributed by atoms with E-state index in [1.54, 1.807) is 4.68 Å². The second-order valence-electron chi connectivity index (χ2n) is 4.62. The summed E-state index contributed by atoms with van der Waals surface area (Å²) >= 11 is 0. The zero-order chi connectivity index (χ0) is 14.1. The van der Waals surface area contributed by atoms with Crippen molar-refractivity contribution >= 4 is 17.5 Å². The average molecular weight is 273 g/mol. The van der Waals surface area contributed by atoms with Crippen LogP contribution in [0.1, 0.15) is 28.5 Å². The second-order valence-corrected chi connectivity index (χ2v) is 4.62. The standard InChI is InChI=1S/C13H15N5O2/c1-20-13(19)11-12-15-7-6-10(18(12)17-16-11)8-2-4-9(14)5-3-8/h2-5,10,15H,6-7,14H2,1H3. The number of anilines is 2. The first kappa shape index (κ1) is 12.5. The Morgan fingerprint density at radius 3 is 2.90 bits per heavy atom. The van der Waals surface area contributed by atoms with Crippen molar-refractivity contribution in [3.63, 3.8) is 0 Å². The lowest BCUT2D eigenvalue weighted by Crippen LogP contribution is -2.25. The molecule has 1 unspecified atom stereocenters. The summed E-state index contributed by atoms with van der Waals surface area (Å²) in [4.78, 5) is 11.6. The van der Waals surface area contributed by atoms with E-state index in [2.05, 4.69) is 15.6 Å². The molecule has 0 radical (unpaired) electrons. The Bertz CT molecular complexity index is 635. The van der Waals surface area contributed by atoms with Crippen molar-refractivity contribution in [1.29, 1.82) is 0 Å². The number of aromatic nitrogens is 3. The van der Waals surface area contributed by atoms with Crippen LogP contribution in [-0.2, 0) is 4.74 Å². The lowest BCUT2D eigenvalue weighted by molar-refractivity contribution is 0.0595. The minimum Gasteiger partial charge on any atom is -0.464 e. The third-order valence-electron chi connectivity index (χ3n) is 3.40. The maximum absolute atomic E-state index is 11.6. The van der Waals surface area contributed by atoms with Crippen LogP contribution >= 0.6 is 0 Å². The fourth-order valence-electron chi connectivity index (χ4n) is 2.39. The number of nitrogens with zero attached hydrogens (tertiary/aromatic N) is 3. The fraction of sp³-hybridized carbons (Fsp3) is 0.308. The summed E-state index contributed by atoms with van der Waals surface area (Å²) in [5.74, 6) is 0.113. The number of esters is 1. The van der Waals surface area contributed by atoms with Crippen molar-refractivity contribution in [2.75, 3.05) is 24.7 Å². The quantitative estimate of drug-likeness (QED) is 0.627. The van der Waals surface area contributed by atoms with Gasteiger partial charge in [0.2, 0.25) is 5.69 Å². The van der Waals surface area contributed by atoms with Crippen LogP contribution in [0.5, 0.6) is 0 Å². The van der Waals surface area contributed by atoms with Crippen LogP contribution < -0.4 is 11.1 Å². The number of hydrogen-bond donors (Lipinski definition) is 2. The zero-order valence-electron chi connectivity index (χ0n) is 11.0. The van der Waals surface area contributed by atoms with E-state index in [0.717, 1.165) is 24.2 Å². The number of fused-ring (bicyclic) bond motifs is 1. The van der Waals surface area contributed by atoms with E-state index in [-0.39, 0.29) is 11.7 Å². The highest BCUT2D eigenvalue weighted by atomic mass is 16.5. The number of nitrogen functional groups attached to an aromatic ring is 1. The summed E-state index contributed by atoms with van der Waals surface area (Å²) in [5, 5.41) is 11.1. The van der Waals surface area contributed by atoms with Gasteiger partial charge in [0, 0.05) is 12.2 Å². The maximum atomic E-state index is 11.6. The zero-order valence-corrected chi connectivity index (χ0v) is 11.0. The number of nitrogens with one attached hydrogen (secondary N) is 1. The lowest BCUT2D eigenvalue weighted by Gasteiger charge is -2.25. The minimum absolute atomic E-state index is 0.0396. The van der Waals surface area contributed by atoms with Crippen LogP contribution in [0, 0.1) is 0 Å². The van der Waals surface area contributed by atoms with Gasteiger partial charge in [0.25, 0.3) is 0 Å². The summed E-state index contributed by atoms with van der Waals surface area (Å²) in [6, 6.07) is 7.69. The van der Waals surface area contributed by atoms with Gasteiger partial charge in [-0.15, -0.1) is 5.10 Å². The summed E-state index contributed by atoms with van der Waals surface area (Å²) in [5.41, 5.74) is 7.73. The number of ether oxygens (including phenoxy) is 1. The van der Waals surface area contributed by atoms with Crippen molar-refractivity contribution in [2.45, 2.75) is 12.5 Å². The van der Waals surface area contributed by atoms with Gasteiger partial charge in [-0.3, -0.25) is 0 Å². The van der Waals surface area contributed by atoms with E-state index in [1.807, 2.05) is 24.3 Å². The first-order valence-electron chi connectivity index (χ1n) is 6.33. The molecule has 3 rings (SSSR count). The van der Waals surface area contributed by atoms with E-state index in [9.17, 15) is 4.79 Å². The first-order chi connectivity index (χ1) is 9.70. The molecule has 0 bridgehead atoms. The van der Waals surface area contributed by atoms with Gasteiger partial charge >= 0.3 is 5.97 Å². The molecule has 20 heavy (non-hydrogen) atoms. The molecule has 3 N–H and O–H groups in total. The number of carbonyl (C=O) groups is 1. The van der Waals surface area contributed by atoms with Crippen LogP contribution in [-0.4, -0.2) is 34.6 Å². The van der Waals surface area contributed by atoms with Crippen molar-refractivity contribution in [2.24, 2.45) is 0 Å². The molecule has 2 aromatic rings. The highest BCUT2D eigenvalue weighted by Crippen LogP contribution is 2.30. The number of hydrogen-bond acceptors (Lipinski definition) is 6. The lowest BCUT2D eigenvalue weighted by atomic mass is 10.0. The highest BCUT2D eigenvalue weighted by molar-refractivity contribution is 5.92. The molecule has 0 saturated heterocycles. The molecule has 7 heteroatoms. The second kappa shape index (κ2) is 4.84. The molecule has 104 valence electrons. The van der Waals surface area contributed by atoms with Crippen molar-refractivity contribution < 1.29 is 9.53 Å². The number of carbonyl (C=O) groups excluding carboxylic acids is 1. The molecular formula is C13H15N5O2. The topological polar surface area (TPSA) is 95.1 Å². The largest absolute Gasteiger partial charge is 0.464 e. The molecule has 0 amide bonds. The van der Waals surface area contributed by atoms with Gasteiger partial charge in [-0.25, -0.2) is 9.48 Å². The van der Waals surface area contributed by atoms with E-state index >= 15 is 0 Å². The van der Waals surface area contributed by atoms with Crippen molar-refractivity contribution in [3.8, 4) is 0 Å². The number of rotatable bonds is 2. The fourth-order valence-corrected chi connectivity index (χ4v) is 2.39. The Labute approximate surface area is 115 Å². The molecule has 7 nitrogen and oxygen atoms in total. The predicted octanol–water partition coefficient (Wildman–Crippen LogP) is 1.05. The summed E-state index contributed by atoms with van der Waals surface area (Å²) in [7, 11) is 1.33. The van der Waals surface area contributed by atoms with E-state index < -0.39 is 5.97 Å². The first-order valence-corrected chi connectivity index (χ1v) is 6.33. The molecule has 1 aliphatic heterocycles. The molecule has 0 aliphatic carbocycles. The number of benzene rings is 1. The molecule has 1 aromatic heterocycles.